The van der Waals surface area contributed by atoms with E-state index in [1.54, 1.807) is 12.2 Å². The van der Waals surface area contributed by atoms with Crippen LogP contribution in [-0.4, -0.2) is 30.7 Å². The number of ether oxygens (including phenoxy) is 1. The minimum atomic E-state index is 0.309. The summed E-state index contributed by atoms with van der Waals surface area (Å²) in [6, 6.07) is 7.84. The summed E-state index contributed by atoms with van der Waals surface area (Å²) in [6.45, 7) is 0.477. The second kappa shape index (κ2) is 4.51. The smallest absolute Gasteiger partial charge is 0.242 e. The van der Waals surface area contributed by atoms with Gasteiger partial charge in [-0.3, -0.25) is 0 Å². The van der Waals surface area contributed by atoms with Crippen molar-refractivity contribution in [2.75, 3.05) is 19.8 Å². The molecular formula is C10H11ClN2O2. The number of rotatable bonds is 3. The predicted octanol–water partition coefficient (Wildman–Crippen LogP) is 1.84. The predicted molar refractivity (Wildman–Crippen MR) is 58.0 cm³/mol. The van der Waals surface area contributed by atoms with Crippen LogP contribution in [-0.2, 0) is 4.84 Å². The van der Waals surface area contributed by atoms with E-state index in [9.17, 15) is 0 Å². The van der Waals surface area contributed by atoms with Gasteiger partial charge in [-0.15, -0.1) is 16.7 Å². The fourth-order valence-corrected chi connectivity index (χ4v) is 1.39. The molecule has 5 heteroatoms. The largest absolute Gasteiger partial charge is 0.497 e. The lowest BCUT2D eigenvalue weighted by Gasteiger charge is -2.09. The standard InChI is InChI=1S/C10H11ClN2O2/c1-14-9-4-2-8(3-5-9)10-12-7-13(6-11)15-10/h2-5H,6-7H2,1H3. The van der Waals surface area contributed by atoms with E-state index in [1.165, 1.54) is 0 Å². The van der Waals surface area contributed by atoms with Gasteiger partial charge >= 0.3 is 0 Å². The summed E-state index contributed by atoms with van der Waals surface area (Å²) in [5.74, 6) is 1.41. The zero-order chi connectivity index (χ0) is 10.7. The molecule has 2 rings (SSSR count). The van der Waals surface area contributed by atoms with Gasteiger partial charge in [-0.25, -0.2) is 4.99 Å². The van der Waals surface area contributed by atoms with E-state index in [2.05, 4.69) is 4.99 Å². The molecule has 15 heavy (non-hydrogen) atoms. The highest BCUT2D eigenvalue weighted by Gasteiger charge is 2.17. The Kier molecular flexibility index (Phi) is 3.08. The fourth-order valence-electron chi connectivity index (χ4n) is 1.26. The van der Waals surface area contributed by atoms with Crippen molar-refractivity contribution in [3.63, 3.8) is 0 Å². The minimum Gasteiger partial charge on any atom is -0.497 e. The van der Waals surface area contributed by atoms with Crippen molar-refractivity contribution in [2.45, 2.75) is 0 Å². The highest BCUT2D eigenvalue weighted by atomic mass is 35.5. The van der Waals surface area contributed by atoms with Crippen molar-refractivity contribution in [3.8, 4) is 5.75 Å². The third kappa shape index (κ3) is 2.22. The first kappa shape index (κ1) is 10.3. The molecule has 1 aromatic rings. The Hall–Kier alpha value is -1.26. The molecule has 0 amide bonds. The van der Waals surface area contributed by atoms with Crippen molar-refractivity contribution in [1.82, 2.24) is 5.06 Å². The number of benzene rings is 1. The molecule has 0 aliphatic carbocycles. The zero-order valence-corrected chi connectivity index (χ0v) is 9.07. The van der Waals surface area contributed by atoms with Crippen LogP contribution in [0.1, 0.15) is 5.56 Å². The third-order valence-electron chi connectivity index (χ3n) is 2.06. The normalized spacial score (nSPS) is 16.0. The number of hydrogen-bond donors (Lipinski definition) is 0. The van der Waals surface area contributed by atoms with E-state index >= 15 is 0 Å². The lowest BCUT2D eigenvalue weighted by Crippen LogP contribution is -2.18. The van der Waals surface area contributed by atoms with Crippen molar-refractivity contribution >= 4 is 17.5 Å². The van der Waals surface area contributed by atoms with Crippen LogP contribution in [0.5, 0.6) is 5.75 Å². The molecule has 0 unspecified atom stereocenters. The molecule has 1 aliphatic rings. The van der Waals surface area contributed by atoms with Crippen molar-refractivity contribution in [3.05, 3.63) is 29.8 Å². The summed E-state index contributed by atoms with van der Waals surface area (Å²) >= 11 is 5.62. The molecule has 0 radical (unpaired) electrons. The van der Waals surface area contributed by atoms with Crippen LogP contribution in [0.4, 0.5) is 0 Å². The van der Waals surface area contributed by atoms with Crippen LogP contribution in [0.15, 0.2) is 29.3 Å². The van der Waals surface area contributed by atoms with Crippen molar-refractivity contribution < 1.29 is 9.57 Å². The summed E-state index contributed by atoms with van der Waals surface area (Å²) in [7, 11) is 1.63. The van der Waals surface area contributed by atoms with Crippen molar-refractivity contribution in [1.29, 1.82) is 0 Å². The van der Waals surface area contributed by atoms with Crippen molar-refractivity contribution in [2.24, 2.45) is 4.99 Å². The molecule has 80 valence electrons. The number of nitrogens with zero attached hydrogens (tertiary/aromatic N) is 2. The van der Waals surface area contributed by atoms with Crippen LogP contribution < -0.4 is 4.74 Å². The van der Waals surface area contributed by atoms with E-state index in [0.29, 0.717) is 18.6 Å². The van der Waals surface area contributed by atoms with Crippen LogP contribution in [0.3, 0.4) is 0 Å². The molecule has 0 atom stereocenters. The van der Waals surface area contributed by atoms with Gasteiger partial charge in [0.25, 0.3) is 0 Å². The second-order valence-electron chi connectivity index (χ2n) is 3.03. The van der Waals surface area contributed by atoms with Gasteiger partial charge in [0.1, 0.15) is 18.4 Å². The van der Waals surface area contributed by atoms with Crippen LogP contribution in [0.25, 0.3) is 0 Å². The molecule has 1 aromatic carbocycles. The molecule has 0 saturated carbocycles. The molecule has 0 saturated heterocycles. The first-order chi connectivity index (χ1) is 7.33. The fraction of sp³-hybridized carbons (Fsp3) is 0.300. The summed E-state index contributed by atoms with van der Waals surface area (Å²) < 4.78 is 5.06. The lowest BCUT2D eigenvalue weighted by atomic mass is 10.2. The van der Waals surface area contributed by atoms with Gasteiger partial charge in [0.2, 0.25) is 5.90 Å². The van der Waals surface area contributed by atoms with Gasteiger partial charge in [0, 0.05) is 5.56 Å². The zero-order valence-electron chi connectivity index (χ0n) is 8.31. The summed E-state index contributed by atoms with van der Waals surface area (Å²) in [6.07, 6.45) is 0. The molecule has 0 fully saturated rings. The maximum atomic E-state index is 5.62. The summed E-state index contributed by atoms with van der Waals surface area (Å²) in [5, 5.41) is 1.57. The number of methoxy groups -OCH3 is 1. The topological polar surface area (TPSA) is 34.1 Å². The minimum absolute atomic E-state index is 0.309. The number of hydroxylamine groups is 2. The molecule has 0 N–H and O–H groups in total. The number of hydrogen-bond acceptors (Lipinski definition) is 4. The number of aliphatic imine (C=N–C) groups is 1. The van der Waals surface area contributed by atoms with Crippen LogP contribution in [0.2, 0.25) is 0 Å². The Morgan fingerprint density at radius 2 is 2.20 bits per heavy atom. The molecule has 0 bridgehead atoms. The monoisotopic (exact) mass is 226 g/mol. The van der Waals surface area contributed by atoms with E-state index < -0.39 is 0 Å². The molecule has 1 aliphatic heterocycles. The van der Waals surface area contributed by atoms with E-state index in [4.69, 9.17) is 21.2 Å². The molecule has 0 aromatic heterocycles. The second-order valence-corrected chi connectivity index (χ2v) is 3.26. The van der Waals surface area contributed by atoms with Gasteiger partial charge in [0.15, 0.2) is 0 Å². The first-order valence-electron chi connectivity index (χ1n) is 4.51. The molecule has 0 spiro atoms. The first-order valence-corrected chi connectivity index (χ1v) is 5.04. The van der Waals surface area contributed by atoms with Crippen LogP contribution >= 0.6 is 11.6 Å². The third-order valence-corrected chi connectivity index (χ3v) is 2.32. The Morgan fingerprint density at radius 1 is 1.47 bits per heavy atom. The Morgan fingerprint density at radius 3 is 2.73 bits per heavy atom. The van der Waals surface area contributed by atoms with E-state index in [0.717, 1.165) is 11.3 Å². The average Bonchev–Trinajstić information content (AvgIpc) is 2.78. The maximum absolute atomic E-state index is 5.62. The summed E-state index contributed by atoms with van der Waals surface area (Å²) in [4.78, 5) is 9.59. The highest BCUT2D eigenvalue weighted by Crippen LogP contribution is 2.15. The highest BCUT2D eigenvalue weighted by molar-refractivity contribution is 6.17. The lowest BCUT2D eigenvalue weighted by molar-refractivity contribution is -0.0290. The van der Waals surface area contributed by atoms with Gasteiger partial charge < -0.3 is 9.57 Å². The summed E-state index contributed by atoms with van der Waals surface area (Å²) in [5.41, 5.74) is 0.920. The molecule has 4 nitrogen and oxygen atoms in total. The quantitative estimate of drug-likeness (QED) is 0.583. The SMILES string of the molecule is COc1ccc(C2=NCN(CCl)O2)cc1. The number of alkyl halides is 1. The van der Waals surface area contributed by atoms with Gasteiger partial charge in [-0.1, -0.05) is 0 Å². The Balaban J connectivity index is 2.10. The van der Waals surface area contributed by atoms with Crippen LogP contribution in [0, 0.1) is 0 Å². The van der Waals surface area contributed by atoms with Gasteiger partial charge in [-0.2, -0.15) is 0 Å². The molecule has 1 heterocycles. The average molecular weight is 227 g/mol. The number of halogens is 1. The van der Waals surface area contributed by atoms with Gasteiger partial charge in [-0.05, 0) is 24.3 Å². The Bertz CT molecular complexity index is 364. The van der Waals surface area contributed by atoms with E-state index in [-0.39, 0.29) is 0 Å². The Labute approximate surface area is 93.0 Å². The molecular weight excluding hydrogens is 216 g/mol. The van der Waals surface area contributed by atoms with Gasteiger partial charge in [0.05, 0.1) is 7.11 Å². The van der Waals surface area contributed by atoms with E-state index in [1.807, 2.05) is 24.3 Å². The maximum Gasteiger partial charge on any atom is 0.242 e.